The average Bonchev–Trinajstić information content (AvgIpc) is 2.47. The van der Waals surface area contributed by atoms with E-state index in [9.17, 15) is 9.59 Å². The van der Waals surface area contributed by atoms with Crippen LogP contribution in [0.15, 0.2) is 72.8 Å². The lowest BCUT2D eigenvalue weighted by Gasteiger charge is -2.05. The van der Waals surface area contributed by atoms with Gasteiger partial charge in [-0.25, -0.2) is 4.79 Å². The zero-order chi connectivity index (χ0) is 13.7. The molecule has 0 aliphatic rings. The first-order valence-corrected chi connectivity index (χ1v) is 5.74. The zero-order valence-electron chi connectivity index (χ0n) is 10.2. The molecule has 0 radical (unpaired) electrons. The van der Waals surface area contributed by atoms with E-state index in [4.69, 9.17) is 4.74 Å². The largest absolute Gasteiger partial charge is 0.423 e. The van der Waals surface area contributed by atoms with Gasteiger partial charge in [-0.3, -0.25) is 4.79 Å². The van der Waals surface area contributed by atoms with E-state index >= 15 is 0 Å². The summed E-state index contributed by atoms with van der Waals surface area (Å²) >= 11 is 0. The molecular weight excluding hydrogens is 240 g/mol. The van der Waals surface area contributed by atoms with Crippen molar-refractivity contribution in [1.82, 2.24) is 0 Å². The summed E-state index contributed by atoms with van der Waals surface area (Å²) in [6, 6.07) is 17.1. The summed E-state index contributed by atoms with van der Waals surface area (Å²) < 4.78 is 5.06. The third kappa shape index (κ3) is 3.16. The first-order valence-electron chi connectivity index (χ1n) is 5.74. The monoisotopic (exact) mass is 252 g/mol. The summed E-state index contributed by atoms with van der Waals surface area (Å²) in [6.45, 7) is 3.50. The Hall–Kier alpha value is -2.68. The van der Waals surface area contributed by atoms with Gasteiger partial charge in [0, 0.05) is 5.56 Å². The molecule has 0 N–H and O–H groups in total. The zero-order valence-corrected chi connectivity index (χ0v) is 10.2. The van der Waals surface area contributed by atoms with Gasteiger partial charge in [-0.1, -0.05) is 55.1 Å². The van der Waals surface area contributed by atoms with Gasteiger partial charge in [-0.2, -0.15) is 0 Å². The SMILES string of the molecule is C=C(C(=O)Oc1ccccc1)C(=O)c1ccccc1. The van der Waals surface area contributed by atoms with Crippen LogP contribution in [0, 0.1) is 0 Å². The second kappa shape index (κ2) is 5.78. The van der Waals surface area contributed by atoms with Gasteiger partial charge in [0.1, 0.15) is 11.3 Å². The third-order valence-electron chi connectivity index (χ3n) is 2.51. The maximum Gasteiger partial charge on any atom is 0.346 e. The van der Waals surface area contributed by atoms with Crippen molar-refractivity contribution in [3.8, 4) is 5.75 Å². The van der Waals surface area contributed by atoms with Crippen molar-refractivity contribution in [2.75, 3.05) is 0 Å². The molecular formula is C16H12O3. The highest BCUT2D eigenvalue weighted by atomic mass is 16.5. The quantitative estimate of drug-likeness (QED) is 0.210. The molecule has 0 heterocycles. The van der Waals surface area contributed by atoms with Crippen LogP contribution in [0.1, 0.15) is 10.4 Å². The summed E-state index contributed by atoms with van der Waals surface area (Å²) in [7, 11) is 0. The van der Waals surface area contributed by atoms with Gasteiger partial charge in [0.05, 0.1) is 0 Å². The average molecular weight is 252 g/mol. The predicted molar refractivity (Wildman–Crippen MR) is 72.0 cm³/mol. The van der Waals surface area contributed by atoms with E-state index in [0.29, 0.717) is 11.3 Å². The second-order valence-corrected chi connectivity index (χ2v) is 3.88. The van der Waals surface area contributed by atoms with E-state index in [2.05, 4.69) is 6.58 Å². The minimum atomic E-state index is -0.736. The molecule has 19 heavy (non-hydrogen) atoms. The number of benzene rings is 2. The molecule has 3 heteroatoms. The summed E-state index contributed by atoms with van der Waals surface area (Å²) in [5.41, 5.74) is 0.229. The predicted octanol–water partition coefficient (Wildman–Crippen LogP) is 3.03. The molecule has 0 spiro atoms. The fraction of sp³-hybridized carbons (Fsp3) is 0. The Kier molecular flexibility index (Phi) is 3.88. The smallest absolute Gasteiger partial charge is 0.346 e. The topological polar surface area (TPSA) is 43.4 Å². The molecule has 0 fully saturated rings. The molecule has 0 bridgehead atoms. The van der Waals surface area contributed by atoms with Gasteiger partial charge in [0.25, 0.3) is 0 Å². The van der Waals surface area contributed by atoms with Crippen LogP contribution in [0.2, 0.25) is 0 Å². The Bertz CT molecular complexity index is 600. The van der Waals surface area contributed by atoms with Crippen molar-refractivity contribution in [2.45, 2.75) is 0 Å². The van der Waals surface area contributed by atoms with E-state index in [1.807, 2.05) is 0 Å². The van der Waals surface area contributed by atoms with Gasteiger partial charge in [0.15, 0.2) is 5.78 Å². The molecule has 2 rings (SSSR count). The second-order valence-electron chi connectivity index (χ2n) is 3.88. The van der Waals surface area contributed by atoms with Crippen molar-refractivity contribution < 1.29 is 14.3 Å². The molecule has 94 valence electrons. The Labute approximate surface area is 111 Å². The number of hydrogen-bond donors (Lipinski definition) is 0. The van der Waals surface area contributed by atoms with E-state index < -0.39 is 11.8 Å². The van der Waals surface area contributed by atoms with Gasteiger partial charge in [-0.05, 0) is 12.1 Å². The Morgan fingerprint density at radius 2 is 1.37 bits per heavy atom. The highest BCUT2D eigenvalue weighted by molar-refractivity contribution is 6.24. The molecule has 0 unspecified atom stereocenters. The summed E-state index contributed by atoms with van der Waals surface area (Å²) in [4.78, 5) is 23.8. The Morgan fingerprint density at radius 1 is 0.842 bits per heavy atom. The van der Waals surface area contributed by atoms with Crippen LogP contribution in [0.5, 0.6) is 5.75 Å². The molecule has 2 aromatic rings. The van der Waals surface area contributed by atoms with Crippen LogP contribution in [-0.2, 0) is 4.79 Å². The molecule has 0 aromatic heterocycles. The number of carbonyl (C=O) groups excluding carboxylic acids is 2. The number of carbonyl (C=O) groups is 2. The number of Topliss-reactive ketones (excluding diaryl/α,β-unsaturated/α-hetero) is 1. The van der Waals surface area contributed by atoms with Crippen LogP contribution in [0.4, 0.5) is 0 Å². The highest BCUT2D eigenvalue weighted by Gasteiger charge is 2.19. The maximum absolute atomic E-state index is 12.0. The number of rotatable bonds is 4. The minimum absolute atomic E-state index is 0.185. The van der Waals surface area contributed by atoms with Crippen molar-refractivity contribution in [1.29, 1.82) is 0 Å². The molecule has 0 aliphatic heterocycles. The van der Waals surface area contributed by atoms with E-state index in [-0.39, 0.29) is 5.57 Å². The van der Waals surface area contributed by atoms with E-state index in [0.717, 1.165) is 0 Å². The van der Waals surface area contributed by atoms with Gasteiger partial charge in [0.2, 0.25) is 0 Å². The first-order chi connectivity index (χ1) is 9.18. The van der Waals surface area contributed by atoms with Crippen LogP contribution in [0.25, 0.3) is 0 Å². The minimum Gasteiger partial charge on any atom is -0.423 e. The standard InChI is InChI=1S/C16H12O3/c1-12(15(17)13-8-4-2-5-9-13)16(18)19-14-10-6-3-7-11-14/h2-11H,1H2. The van der Waals surface area contributed by atoms with Crippen molar-refractivity contribution >= 4 is 11.8 Å². The van der Waals surface area contributed by atoms with Gasteiger partial charge < -0.3 is 4.74 Å². The van der Waals surface area contributed by atoms with Crippen molar-refractivity contribution in [3.05, 3.63) is 78.4 Å². The molecule has 2 aromatic carbocycles. The number of hydrogen-bond acceptors (Lipinski definition) is 3. The van der Waals surface area contributed by atoms with E-state index in [1.165, 1.54) is 0 Å². The molecule has 0 saturated heterocycles. The maximum atomic E-state index is 12.0. The molecule has 3 nitrogen and oxygen atoms in total. The molecule has 0 saturated carbocycles. The van der Waals surface area contributed by atoms with Crippen molar-refractivity contribution in [3.63, 3.8) is 0 Å². The lowest BCUT2D eigenvalue weighted by atomic mass is 10.1. The van der Waals surface area contributed by atoms with Crippen LogP contribution in [-0.4, -0.2) is 11.8 Å². The number of ether oxygens (including phenoxy) is 1. The molecule has 0 aliphatic carbocycles. The lowest BCUT2D eigenvalue weighted by Crippen LogP contribution is -2.17. The fourth-order valence-corrected chi connectivity index (χ4v) is 1.51. The highest BCUT2D eigenvalue weighted by Crippen LogP contribution is 2.13. The van der Waals surface area contributed by atoms with Crippen LogP contribution >= 0.6 is 0 Å². The summed E-state index contributed by atoms with van der Waals surface area (Å²) in [5, 5.41) is 0. The first kappa shape index (κ1) is 12.8. The Balaban J connectivity index is 2.08. The van der Waals surface area contributed by atoms with Gasteiger partial charge >= 0.3 is 5.97 Å². The molecule has 0 atom stereocenters. The Morgan fingerprint density at radius 3 is 1.95 bits per heavy atom. The summed E-state index contributed by atoms with van der Waals surface area (Å²) in [5.74, 6) is -0.781. The third-order valence-corrected chi connectivity index (χ3v) is 2.51. The number of esters is 1. The fourth-order valence-electron chi connectivity index (χ4n) is 1.51. The van der Waals surface area contributed by atoms with Crippen LogP contribution in [0.3, 0.4) is 0 Å². The van der Waals surface area contributed by atoms with E-state index in [1.54, 1.807) is 60.7 Å². The van der Waals surface area contributed by atoms with Crippen molar-refractivity contribution in [2.24, 2.45) is 0 Å². The summed E-state index contributed by atoms with van der Waals surface area (Å²) in [6.07, 6.45) is 0. The molecule has 0 amide bonds. The van der Waals surface area contributed by atoms with Gasteiger partial charge in [-0.15, -0.1) is 0 Å². The number of ketones is 1. The normalized spacial score (nSPS) is 9.68. The van der Waals surface area contributed by atoms with Crippen LogP contribution < -0.4 is 4.74 Å². The number of para-hydroxylation sites is 1. The lowest BCUT2D eigenvalue weighted by molar-refractivity contribution is -0.129.